The maximum absolute atomic E-state index is 13.6. The molecule has 1 aliphatic rings. The van der Waals surface area contributed by atoms with Crippen molar-refractivity contribution in [3.8, 4) is 0 Å². The van der Waals surface area contributed by atoms with E-state index < -0.39 is 0 Å². The molecule has 2 atom stereocenters. The van der Waals surface area contributed by atoms with Crippen LogP contribution in [0.5, 0.6) is 0 Å². The van der Waals surface area contributed by atoms with Crippen molar-refractivity contribution in [2.45, 2.75) is 44.3 Å². The first-order valence-electron chi connectivity index (χ1n) is 8.92. The fourth-order valence-electron chi connectivity index (χ4n) is 3.67. The summed E-state index contributed by atoms with van der Waals surface area (Å²) in [5.74, 6) is 0.596. The highest BCUT2D eigenvalue weighted by Gasteiger charge is 2.23. The van der Waals surface area contributed by atoms with Crippen LogP contribution in [0.1, 0.15) is 31.2 Å². The van der Waals surface area contributed by atoms with Gasteiger partial charge in [-0.25, -0.2) is 9.37 Å². The zero-order valence-electron chi connectivity index (χ0n) is 14.2. The summed E-state index contributed by atoms with van der Waals surface area (Å²) in [5, 5.41) is 3.56. The van der Waals surface area contributed by atoms with Crippen molar-refractivity contribution in [3.63, 3.8) is 0 Å². The summed E-state index contributed by atoms with van der Waals surface area (Å²) < 4.78 is 15.7. The van der Waals surface area contributed by atoms with Gasteiger partial charge in [0.25, 0.3) is 0 Å². The van der Waals surface area contributed by atoms with Gasteiger partial charge >= 0.3 is 0 Å². The van der Waals surface area contributed by atoms with Gasteiger partial charge in [0.1, 0.15) is 5.82 Å². The van der Waals surface area contributed by atoms with Crippen LogP contribution in [0.15, 0.2) is 48.5 Å². The van der Waals surface area contributed by atoms with Crippen LogP contribution in [0.2, 0.25) is 0 Å². The molecule has 2 aromatic carbocycles. The van der Waals surface area contributed by atoms with E-state index in [2.05, 4.69) is 9.88 Å². The number of fused-ring (bicyclic) bond motifs is 1. The maximum Gasteiger partial charge on any atom is 0.204 e. The average molecular weight is 338 g/mol. The second-order valence-electron chi connectivity index (χ2n) is 6.84. The van der Waals surface area contributed by atoms with E-state index in [0.717, 1.165) is 35.4 Å². The van der Waals surface area contributed by atoms with Gasteiger partial charge in [0.05, 0.1) is 17.6 Å². The summed E-state index contributed by atoms with van der Waals surface area (Å²) in [4.78, 5) is 4.76. The normalized spacial score (nSPS) is 20.7. The van der Waals surface area contributed by atoms with Gasteiger partial charge in [0.15, 0.2) is 0 Å². The van der Waals surface area contributed by atoms with Crippen LogP contribution in [0, 0.1) is 5.82 Å². The van der Waals surface area contributed by atoms with Crippen LogP contribution in [0.25, 0.3) is 11.0 Å². The lowest BCUT2D eigenvalue weighted by atomic mass is 9.91. The van der Waals surface area contributed by atoms with Gasteiger partial charge in [-0.15, -0.1) is 0 Å². The fraction of sp³-hybridized carbons (Fsp3) is 0.350. The number of benzene rings is 2. The molecule has 0 radical (unpaired) electrons. The molecule has 1 fully saturated rings. The van der Waals surface area contributed by atoms with Crippen molar-refractivity contribution in [1.29, 1.82) is 0 Å². The SMILES string of the molecule is N[C@@H]1CCCC[C@@H]1Nc1nc2ccccc2n1Cc1cccc(F)c1. The molecule has 0 unspecified atom stereocenters. The van der Waals surface area contributed by atoms with Gasteiger partial charge in [-0.1, -0.05) is 37.1 Å². The summed E-state index contributed by atoms with van der Waals surface area (Å²) in [5.41, 5.74) is 9.19. The second-order valence-corrected chi connectivity index (χ2v) is 6.84. The Labute approximate surface area is 146 Å². The molecule has 0 amide bonds. The van der Waals surface area contributed by atoms with Crippen LogP contribution >= 0.6 is 0 Å². The third-order valence-electron chi connectivity index (χ3n) is 5.02. The van der Waals surface area contributed by atoms with Crippen molar-refractivity contribution >= 4 is 17.0 Å². The molecule has 1 heterocycles. The lowest BCUT2D eigenvalue weighted by Gasteiger charge is -2.29. The molecule has 0 spiro atoms. The highest BCUT2D eigenvalue weighted by molar-refractivity contribution is 5.78. The predicted molar refractivity (Wildman–Crippen MR) is 99.1 cm³/mol. The van der Waals surface area contributed by atoms with E-state index >= 15 is 0 Å². The molecule has 1 aliphatic carbocycles. The first kappa shape index (κ1) is 16.1. The summed E-state index contributed by atoms with van der Waals surface area (Å²) >= 11 is 0. The van der Waals surface area contributed by atoms with Gasteiger partial charge in [0, 0.05) is 12.1 Å². The fourth-order valence-corrected chi connectivity index (χ4v) is 3.67. The quantitative estimate of drug-likeness (QED) is 0.758. The minimum absolute atomic E-state index is 0.149. The van der Waals surface area contributed by atoms with Crippen molar-refractivity contribution in [2.75, 3.05) is 5.32 Å². The molecule has 0 aliphatic heterocycles. The summed E-state index contributed by atoms with van der Waals surface area (Å²) in [6.45, 7) is 0.572. The second kappa shape index (κ2) is 6.84. The number of aromatic nitrogens is 2. The van der Waals surface area contributed by atoms with Gasteiger partial charge in [-0.3, -0.25) is 0 Å². The molecule has 5 heteroatoms. The smallest absolute Gasteiger partial charge is 0.204 e. The monoisotopic (exact) mass is 338 g/mol. The number of nitrogens with two attached hydrogens (primary N) is 1. The van der Waals surface area contributed by atoms with Gasteiger partial charge in [-0.2, -0.15) is 0 Å². The lowest BCUT2D eigenvalue weighted by molar-refractivity contribution is 0.401. The van der Waals surface area contributed by atoms with E-state index in [1.165, 1.54) is 18.9 Å². The molecular weight excluding hydrogens is 315 g/mol. The Hall–Kier alpha value is -2.40. The molecule has 1 saturated carbocycles. The van der Waals surface area contributed by atoms with E-state index in [9.17, 15) is 4.39 Å². The number of para-hydroxylation sites is 2. The third-order valence-corrected chi connectivity index (χ3v) is 5.02. The van der Waals surface area contributed by atoms with Crippen LogP contribution in [-0.2, 0) is 6.54 Å². The molecule has 0 saturated heterocycles. The Kier molecular flexibility index (Phi) is 4.40. The third kappa shape index (κ3) is 3.37. The molecule has 25 heavy (non-hydrogen) atoms. The standard InChI is InChI=1S/C20H23FN4/c21-15-7-5-6-14(12-15)13-25-19-11-4-3-10-18(19)24-20(25)23-17-9-2-1-8-16(17)22/h3-7,10-12,16-17H,1-2,8-9,13,22H2,(H,23,24)/t16-,17+/m1/s1. The predicted octanol–water partition coefficient (Wildman–Crippen LogP) is 3.91. The van der Waals surface area contributed by atoms with Crippen molar-refractivity contribution in [3.05, 3.63) is 59.9 Å². The lowest BCUT2D eigenvalue weighted by Crippen LogP contribution is -2.43. The number of imidazole rings is 1. The molecule has 4 nitrogen and oxygen atoms in total. The number of anilines is 1. The van der Waals surface area contributed by atoms with Crippen LogP contribution in [0.3, 0.4) is 0 Å². The van der Waals surface area contributed by atoms with E-state index in [-0.39, 0.29) is 17.9 Å². The first-order chi connectivity index (χ1) is 12.2. The van der Waals surface area contributed by atoms with Crippen molar-refractivity contribution in [1.82, 2.24) is 9.55 Å². The molecule has 3 N–H and O–H groups in total. The largest absolute Gasteiger partial charge is 0.351 e. The van der Waals surface area contributed by atoms with Crippen LogP contribution < -0.4 is 11.1 Å². The number of halogens is 1. The molecular formula is C20H23FN4. The zero-order chi connectivity index (χ0) is 17.2. The highest BCUT2D eigenvalue weighted by atomic mass is 19.1. The summed E-state index contributed by atoms with van der Waals surface area (Å²) in [6, 6.07) is 15.1. The maximum atomic E-state index is 13.6. The number of hydrogen-bond acceptors (Lipinski definition) is 3. The number of hydrogen-bond donors (Lipinski definition) is 2. The van der Waals surface area contributed by atoms with E-state index in [4.69, 9.17) is 10.7 Å². The van der Waals surface area contributed by atoms with Gasteiger partial charge in [-0.05, 0) is 42.7 Å². The molecule has 1 aromatic heterocycles. The average Bonchev–Trinajstić information content (AvgIpc) is 2.95. The Morgan fingerprint density at radius 2 is 1.96 bits per heavy atom. The molecule has 0 bridgehead atoms. The number of nitrogens with zero attached hydrogens (tertiary/aromatic N) is 2. The summed E-state index contributed by atoms with van der Waals surface area (Å²) in [6.07, 6.45) is 4.49. The molecule has 3 aromatic rings. The van der Waals surface area contributed by atoms with E-state index in [1.54, 1.807) is 12.1 Å². The Bertz CT molecular complexity index is 873. The zero-order valence-corrected chi connectivity index (χ0v) is 14.2. The molecule has 130 valence electrons. The van der Waals surface area contributed by atoms with Crippen molar-refractivity contribution < 1.29 is 4.39 Å². The number of nitrogens with one attached hydrogen (secondary N) is 1. The Balaban J connectivity index is 1.70. The minimum atomic E-state index is -0.217. The minimum Gasteiger partial charge on any atom is -0.351 e. The van der Waals surface area contributed by atoms with Crippen LogP contribution in [0.4, 0.5) is 10.3 Å². The van der Waals surface area contributed by atoms with E-state index in [0.29, 0.717) is 6.54 Å². The molecule has 4 rings (SSSR count). The van der Waals surface area contributed by atoms with Crippen LogP contribution in [-0.4, -0.2) is 21.6 Å². The number of rotatable bonds is 4. The Morgan fingerprint density at radius 1 is 1.12 bits per heavy atom. The topological polar surface area (TPSA) is 55.9 Å². The van der Waals surface area contributed by atoms with Gasteiger partial charge < -0.3 is 15.6 Å². The van der Waals surface area contributed by atoms with Crippen molar-refractivity contribution in [2.24, 2.45) is 5.73 Å². The Morgan fingerprint density at radius 3 is 2.80 bits per heavy atom. The highest BCUT2D eigenvalue weighted by Crippen LogP contribution is 2.25. The van der Waals surface area contributed by atoms with Gasteiger partial charge in [0.2, 0.25) is 5.95 Å². The van der Waals surface area contributed by atoms with E-state index in [1.807, 2.05) is 30.3 Å². The first-order valence-corrected chi connectivity index (χ1v) is 8.92. The summed E-state index contributed by atoms with van der Waals surface area (Å²) in [7, 11) is 0.